The number of nitrogens with zero attached hydrogens (tertiary/aromatic N) is 1. The maximum atomic E-state index is 2.55. The number of benzene rings is 11. The van der Waals surface area contributed by atoms with Gasteiger partial charge in [0.05, 0.1) is 11.1 Å². The molecule has 1 spiro atoms. The summed E-state index contributed by atoms with van der Waals surface area (Å²) in [7, 11) is 0. The molecule has 0 bridgehead atoms. The van der Waals surface area contributed by atoms with Crippen LogP contribution in [0.2, 0.25) is 0 Å². The topological polar surface area (TPSA) is 3.24 Å². The highest BCUT2D eigenvalue weighted by Crippen LogP contribution is 2.64. The molecule has 2 aliphatic rings. The van der Waals surface area contributed by atoms with Gasteiger partial charge in [-0.3, -0.25) is 0 Å². The predicted molar refractivity (Wildman–Crippen MR) is 261 cm³/mol. The summed E-state index contributed by atoms with van der Waals surface area (Å²) in [6.45, 7) is 0. The third-order valence-electron chi connectivity index (χ3n) is 13.7. The average Bonchev–Trinajstić information content (AvgIpc) is 3.81. The van der Waals surface area contributed by atoms with Gasteiger partial charge < -0.3 is 4.90 Å². The van der Waals surface area contributed by atoms with Crippen LogP contribution in [0.5, 0.6) is 0 Å². The smallest absolute Gasteiger partial charge is 0.0726 e. The second kappa shape index (κ2) is 13.5. The van der Waals surface area contributed by atoms with Crippen LogP contribution in [0.1, 0.15) is 22.3 Å². The highest BCUT2D eigenvalue weighted by Gasteiger charge is 2.52. The molecule has 62 heavy (non-hydrogen) atoms. The van der Waals surface area contributed by atoms with E-state index in [2.05, 4.69) is 241 Å². The van der Waals surface area contributed by atoms with Crippen molar-refractivity contribution < 1.29 is 0 Å². The molecular weight excluding hydrogens is 747 g/mol. The lowest BCUT2D eigenvalue weighted by Gasteiger charge is -2.33. The standard InChI is InChI=1S/C61H39N/c1-3-17-40(18-4-1)41-31-33-43(34-32-41)62(44-35-36-49-47-23-8-7-21-45(47)46-22-9-10-24-48(46)54(49)37-44)60-39-59-55(38-53(60)42-19-5-2-6-20-42)52-27-13-16-30-58(52)61(59)56-28-14-11-25-50(56)51-26-12-15-29-57(51)61/h1-39H. The van der Waals surface area contributed by atoms with Crippen molar-refractivity contribution in [2.75, 3.05) is 4.90 Å². The first-order chi connectivity index (χ1) is 30.8. The van der Waals surface area contributed by atoms with Gasteiger partial charge in [0.15, 0.2) is 0 Å². The minimum Gasteiger partial charge on any atom is -0.310 e. The fourth-order valence-electron chi connectivity index (χ4n) is 11.1. The zero-order valence-corrected chi connectivity index (χ0v) is 34.0. The minimum atomic E-state index is -0.482. The maximum Gasteiger partial charge on any atom is 0.0726 e. The van der Waals surface area contributed by atoms with Gasteiger partial charge >= 0.3 is 0 Å². The highest BCUT2D eigenvalue weighted by atomic mass is 15.1. The Morgan fingerprint density at radius 1 is 0.242 bits per heavy atom. The molecule has 0 aliphatic heterocycles. The van der Waals surface area contributed by atoms with Crippen molar-refractivity contribution in [3.8, 4) is 44.5 Å². The molecule has 11 aromatic rings. The lowest BCUT2D eigenvalue weighted by Crippen LogP contribution is -2.26. The Labute approximate surface area is 361 Å². The van der Waals surface area contributed by atoms with Gasteiger partial charge in [0.2, 0.25) is 0 Å². The summed E-state index contributed by atoms with van der Waals surface area (Å²) in [5, 5.41) is 7.58. The second-order valence-corrected chi connectivity index (χ2v) is 16.7. The molecule has 0 heterocycles. The van der Waals surface area contributed by atoms with E-state index < -0.39 is 5.41 Å². The molecule has 0 atom stereocenters. The maximum absolute atomic E-state index is 2.55. The summed E-state index contributed by atoms with van der Waals surface area (Å²) in [5.41, 5.74) is 18.2. The normalized spacial score (nSPS) is 13.0. The summed E-state index contributed by atoms with van der Waals surface area (Å²) in [6.07, 6.45) is 0. The molecule has 0 aromatic heterocycles. The van der Waals surface area contributed by atoms with Crippen molar-refractivity contribution >= 4 is 49.4 Å². The highest BCUT2D eigenvalue weighted by molar-refractivity contribution is 6.26. The number of hydrogen-bond donors (Lipinski definition) is 0. The Morgan fingerprint density at radius 2 is 0.661 bits per heavy atom. The van der Waals surface area contributed by atoms with Crippen molar-refractivity contribution in [3.05, 3.63) is 259 Å². The van der Waals surface area contributed by atoms with Crippen molar-refractivity contribution in [2.24, 2.45) is 0 Å². The van der Waals surface area contributed by atoms with Gasteiger partial charge in [-0.1, -0.05) is 200 Å². The van der Waals surface area contributed by atoms with Crippen LogP contribution in [0.4, 0.5) is 17.1 Å². The first kappa shape index (κ1) is 34.8. The summed E-state index contributed by atoms with van der Waals surface area (Å²) in [4.78, 5) is 2.52. The van der Waals surface area contributed by atoms with Crippen LogP contribution >= 0.6 is 0 Å². The third kappa shape index (κ3) is 4.91. The van der Waals surface area contributed by atoms with Gasteiger partial charge in [-0.05, 0) is 130 Å². The van der Waals surface area contributed by atoms with E-state index in [1.807, 2.05) is 0 Å². The fraction of sp³-hybridized carbons (Fsp3) is 0.0164. The first-order valence-corrected chi connectivity index (χ1v) is 21.6. The third-order valence-corrected chi connectivity index (χ3v) is 13.7. The summed E-state index contributed by atoms with van der Waals surface area (Å²) in [5.74, 6) is 0. The molecular formula is C61H39N. The molecule has 0 saturated carbocycles. The fourth-order valence-corrected chi connectivity index (χ4v) is 11.1. The molecule has 13 rings (SSSR count). The van der Waals surface area contributed by atoms with E-state index in [-0.39, 0.29) is 0 Å². The molecule has 0 radical (unpaired) electrons. The molecule has 0 unspecified atom stereocenters. The average molecular weight is 786 g/mol. The Kier molecular flexibility index (Phi) is 7.59. The van der Waals surface area contributed by atoms with E-state index in [9.17, 15) is 0 Å². The number of anilines is 3. The van der Waals surface area contributed by atoms with Gasteiger partial charge in [0, 0.05) is 16.9 Å². The van der Waals surface area contributed by atoms with Gasteiger partial charge in [-0.25, -0.2) is 0 Å². The predicted octanol–water partition coefficient (Wildman–Crippen LogP) is 16.3. The van der Waals surface area contributed by atoms with Crippen molar-refractivity contribution in [1.29, 1.82) is 0 Å². The van der Waals surface area contributed by atoms with E-state index in [1.165, 1.54) is 99.1 Å². The van der Waals surface area contributed by atoms with Crippen LogP contribution in [0.15, 0.2) is 237 Å². The summed E-state index contributed by atoms with van der Waals surface area (Å²) >= 11 is 0. The number of hydrogen-bond acceptors (Lipinski definition) is 1. The van der Waals surface area contributed by atoms with E-state index in [1.54, 1.807) is 0 Å². The molecule has 11 aromatic carbocycles. The van der Waals surface area contributed by atoms with Crippen LogP contribution in [-0.2, 0) is 5.41 Å². The molecule has 0 N–H and O–H groups in total. The van der Waals surface area contributed by atoms with Crippen LogP contribution < -0.4 is 4.90 Å². The SMILES string of the molecule is c1ccc(-c2ccc(N(c3ccc4c5ccccc5c5ccccc5c4c3)c3cc4c(cc3-c3ccccc3)-c3ccccc3C43c4ccccc4-c4ccccc43)cc2)cc1. The van der Waals surface area contributed by atoms with Crippen LogP contribution in [0, 0.1) is 0 Å². The van der Waals surface area contributed by atoms with Crippen LogP contribution in [0.25, 0.3) is 76.8 Å². The lowest BCUT2D eigenvalue weighted by atomic mass is 9.70. The van der Waals surface area contributed by atoms with Crippen molar-refractivity contribution in [2.45, 2.75) is 5.41 Å². The first-order valence-electron chi connectivity index (χ1n) is 21.6. The van der Waals surface area contributed by atoms with Gasteiger partial charge in [0.25, 0.3) is 0 Å². The minimum absolute atomic E-state index is 0.482. The largest absolute Gasteiger partial charge is 0.310 e. The molecule has 1 nitrogen and oxygen atoms in total. The molecule has 288 valence electrons. The molecule has 0 saturated heterocycles. The molecule has 0 amide bonds. The summed E-state index contributed by atoms with van der Waals surface area (Å²) < 4.78 is 0. The van der Waals surface area contributed by atoms with Gasteiger partial charge in [-0.2, -0.15) is 0 Å². The Morgan fingerprint density at radius 3 is 1.23 bits per heavy atom. The van der Waals surface area contributed by atoms with Gasteiger partial charge in [0.1, 0.15) is 0 Å². The summed E-state index contributed by atoms with van der Waals surface area (Å²) in [6, 6.07) is 88.0. The number of fused-ring (bicyclic) bond motifs is 16. The van der Waals surface area contributed by atoms with Crippen LogP contribution in [0.3, 0.4) is 0 Å². The van der Waals surface area contributed by atoms with E-state index in [4.69, 9.17) is 0 Å². The molecule has 1 heteroatoms. The zero-order chi connectivity index (χ0) is 40.8. The Balaban J connectivity index is 1.14. The monoisotopic (exact) mass is 785 g/mol. The zero-order valence-electron chi connectivity index (χ0n) is 34.0. The second-order valence-electron chi connectivity index (χ2n) is 16.7. The quantitative estimate of drug-likeness (QED) is 0.157. The number of rotatable bonds is 5. The van der Waals surface area contributed by atoms with Gasteiger partial charge in [-0.15, -0.1) is 0 Å². The van der Waals surface area contributed by atoms with Crippen LogP contribution in [-0.4, -0.2) is 0 Å². The van der Waals surface area contributed by atoms with Crippen molar-refractivity contribution in [1.82, 2.24) is 0 Å². The van der Waals surface area contributed by atoms with E-state index in [0.29, 0.717) is 0 Å². The lowest BCUT2D eigenvalue weighted by molar-refractivity contribution is 0.794. The molecule has 0 fully saturated rings. The van der Waals surface area contributed by atoms with E-state index >= 15 is 0 Å². The Hall–Kier alpha value is -8.00. The van der Waals surface area contributed by atoms with Crippen molar-refractivity contribution in [3.63, 3.8) is 0 Å². The Bertz CT molecular complexity index is 3480. The van der Waals surface area contributed by atoms with E-state index in [0.717, 1.165) is 17.1 Å². The molecule has 2 aliphatic carbocycles.